The van der Waals surface area contributed by atoms with Crippen LogP contribution >= 0.6 is 0 Å². The van der Waals surface area contributed by atoms with E-state index >= 15 is 0 Å². The lowest BCUT2D eigenvalue weighted by Crippen LogP contribution is -2.56. The molecular formula is C26H31N3O4. The number of aliphatic carboxylic acids is 2. The van der Waals surface area contributed by atoms with E-state index in [1.54, 1.807) is 12.5 Å². The van der Waals surface area contributed by atoms with E-state index in [0.29, 0.717) is 19.4 Å². The monoisotopic (exact) mass is 449 g/mol. The quantitative estimate of drug-likeness (QED) is 0.406. The summed E-state index contributed by atoms with van der Waals surface area (Å²) in [5.74, 6) is -2.15. The molecule has 2 aromatic carbocycles. The second-order valence-corrected chi connectivity index (χ2v) is 8.60. The highest BCUT2D eigenvalue weighted by Crippen LogP contribution is 2.26. The van der Waals surface area contributed by atoms with Crippen LogP contribution in [0.25, 0.3) is 11.1 Å². The number of carbonyl (C=O) groups is 2. The molecule has 0 saturated carbocycles. The number of nitrogens with zero attached hydrogens (tertiary/aromatic N) is 2. The third-order valence-electron chi connectivity index (χ3n) is 6.10. The van der Waals surface area contributed by atoms with Crippen molar-refractivity contribution in [3.05, 3.63) is 77.9 Å². The molecule has 0 aliphatic rings. The molecule has 0 aliphatic carbocycles. The summed E-state index contributed by atoms with van der Waals surface area (Å²) in [5, 5.41) is 22.3. The molecule has 33 heavy (non-hydrogen) atoms. The number of carboxylic acid groups (broad SMARTS) is 2. The number of carboxylic acids is 2. The Bertz CT molecular complexity index is 1110. The van der Waals surface area contributed by atoms with Crippen molar-refractivity contribution in [3.63, 3.8) is 0 Å². The van der Waals surface area contributed by atoms with Crippen molar-refractivity contribution in [3.8, 4) is 11.1 Å². The first kappa shape index (κ1) is 24.2. The van der Waals surface area contributed by atoms with Gasteiger partial charge in [-0.05, 0) is 42.5 Å². The molecule has 0 spiro atoms. The molecule has 0 bridgehead atoms. The summed E-state index contributed by atoms with van der Waals surface area (Å²) >= 11 is 0. The standard InChI is InChI=1S/C26H31N3O4/c1-4-13-26(3,25(32)33)28-23(24(30)31)14-21-15-27-17-29(21)16-20-11-8-12-22(18(20)2)19-9-6-5-7-10-19/h5-12,15,17,23,28H,4,13-14,16H2,1-3H3,(H,30,31)(H,32,33). The average Bonchev–Trinajstić information content (AvgIpc) is 3.22. The van der Waals surface area contributed by atoms with Crippen molar-refractivity contribution in [2.75, 3.05) is 0 Å². The largest absolute Gasteiger partial charge is 0.480 e. The predicted molar refractivity (Wildman–Crippen MR) is 127 cm³/mol. The van der Waals surface area contributed by atoms with Crippen LogP contribution in [0, 0.1) is 6.92 Å². The molecule has 0 amide bonds. The SMILES string of the molecule is CCCC(C)(NC(Cc1cncn1Cc1cccc(-c2ccccc2)c1C)C(=O)O)C(=O)O. The molecule has 0 radical (unpaired) electrons. The lowest BCUT2D eigenvalue weighted by atomic mass is 9.94. The Morgan fingerprint density at radius 1 is 1.12 bits per heavy atom. The van der Waals surface area contributed by atoms with Crippen molar-refractivity contribution in [2.24, 2.45) is 0 Å². The Balaban J connectivity index is 1.84. The zero-order valence-electron chi connectivity index (χ0n) is 19.3. The first-order chi connectivity index (χ1) is 15.7. The summed E-state index contributed by atoms with van der Waals surface area (Å²) in [4.78, 5) is 28.0. The second-order valence-electron chi connectivity index (χ2n) is 8.60. The van der Waals surface area contributed by atoms with E-state index in [1.165, 1.54) is 6.92 Å². The molecule has 3 aromatic rings. The molecule has 7 heteroatoms. The maximum Gasteiger partial charge on any atom is 0.323 e. The minimum atomic E-state index is -1.32. The Morgan fingerprint density at radius 3 is 2.48 bits per heavy atom. The van der Waals surface area contributed by atoms with Gasteiger partial charge in [-0.25, -0.2) is 4.98 Å². The van der Waals surface area contributed by atoms with Crippen molar-refractivity contribution in [2.45, 2.75) is 58.2 Å². The van der Waals surface area contributed by atoms with Crippen LogP contribution in [0.2, 0.25) is 0 Å². The second kappa shape index (κ2) is 10.4. The average molecular weight is 450 g/mol. The van der Waals surface area contributed by atoms with Crippen LogP contribution in [0.15, 0.2) is 61.1 Å². The lowest BCUT2D eigenvalue weighted by molar-refractivity contribution is -0.147. The van der Waals surface area contributed by atoms with Gasteiger partial charge in [-0.15, -0.1) is 0 Å². The number of aromatic nitrogens is 2. The van der Waals surface area contributed by atoms with Crippen molar-refractivity contribution < 1.29 is 19.8 Å². The van der Waals surface area contributed by atoms with Crippen molar-refractivity contribution in [1.82, 2.24) is 14.9 Å². The third-order valence-corrected chi connectivity index (χ3v) is 6.10. The highest BCUT2D eigenvalue weighted by molar-refractivity contribution is 5.80. The van der Waals surface area contributed by atoms with Crippen LogP contribution in [0.5, 0.6) is 0 Å². The fourth-order valence-corrected chi connectivity index (χ4v) is 4.16. The van der Waals surface area contributed by atoms with Crippen LogP contribution in [0.3, 0.4) is 0 Å². The Labute approximate surface area is 194 Å². The summed E-state index contributed by atoms with van der Waals surface area (Å²) < 4.78 is 1.92. The molecule has 0 fully saturated rings. The predicted octanol–water partition coefficient (Wildman–Crippen LogP) is 4.14. The maximum absolute atomic E-state index is 12.0. The van der Waals surface area contributed by atoms with E-state index in [4.69, 9.17) is 0 Å². The smallest absolute Gasteiger partial charge is 0.323 e. The molecule has 1 heterocycles. The highest BCUT2D eigenvalue weighted by Gasteiger charge is 2.36. The molecule has 2 atom stereocenters. The van der Waals surface area contributed by atoms with E-state index < -0.39 is 23.5 Å². The van der Waals surface area contributed by atoms with E-state index in [1.807, 2.05) is 35.8 Å². The Hall–Kier alpha value is -3.45. The zero-order chi connectivity index (χ0) is 24.0. The van der Waals surface area contributed by atoms with Crippen molar-refractivity contribution >= 4 is 11.9 Å². The summed E-state index contributed by atoms with van der Waals surface area (Å²) in [6.07, 6.45) is 4.41. The Morgan fingerprint density at radius 2 is 1.85 bits per heavy atom. The van der Waals surface area contributed by atoms with Crippen LogP contribution in [0.4, 0.5) is 0 Å². The first-order valence-corrected chi connectivity index (χ1v) is 11.1. The molecule has 0 saturated heterocycles. The molecule has 7 nitrogen and oxygen atoms in total. The normalized spacial score (nSPS) is 13.9. The fourth-order valence-electron chi connectivity index (χ4n) is 4.16. The number of hydrogen-bond acceptors (Lipinski definition) is 4. The summed E-state index contributed by atoms with van der Waals surface area (Å²) in [7, 11) is 0. The van der Waals surface area contributed by atoms with Crippen molar-refractivity contribution in [1.29, 1.82) is 0 Å². The molecular weight excluding hydrogens is 418 g/mol. The van der Waals surface area contributed by atoms with Crippen LogP contribution in [0.1, 0.15) is 43.5 Å². The zero-order valence-corrected chi connectivity index (χ0v) is 19.3. The Kier molecular flexibility index (Phi) is 7.66. The van der Waals surface area contributed by atoms with Crippen LogP contribution in [-0.2, 0) is 22.6 Å². The maximum atomic E-state index is 12.0. The summed E-state index contributed by atoms with van der Waals surface area (Å²) in [6, 6.07) is 15.3. The van der Waals surface area contributed by atoms with Gasteiger partial charge in [-0.3, -0.25) is 14.9 Å². The minimum Gasteiger partial charge on any atom is -0.480 e. The number of imidazole rings is 1. The number of rotatable bonds is 11. The summed E-state index contributed by atoms with van der Waals surface area (Å²) in [6.45, 7) is 6.03. The fraction of sp³-hybridized carbons (Fsp3) is 0.346. The summed E-state index contributed by atoms with van der Waals surface area (Å²) in [5.41, 5.74) is 3.96. The lowest BCUT2D eigenvalue weighted by Gasteiger charge is -2.29. The van der Waals surface area contributed by atoms with Gasteiger partial charge >= 0.3 is 11.9 Å². The number of nitrogens with one attached hydrogen (secondary N) is 1. The number of hydrogen-bond donors (Lipinski definition) is 3. The van der Waals surface area contributed by atoms with Gasteiger partial charge in [0.2, 0.25) is 0 Å². The first-order valence-electron chi connectivity index (χ1n) is 11.1. The highest BCUT2D eigenvalue weighted by atomic mass is 16.4. The molecule has 1 aromatic heterocycles. The van der Waals surface area contributed by atoms with Gasteiger partial charge in [0.15, 0.2) is 0 Å². The van der Waals surface area contributed by atoms with Gasteiger partial charge < -0.3 is 14.8 Å². The van der Waals surface area contributed by atoms with E-state index in [9.17, 15) is 19.8 Å². The van der Waals surface area contributed by atoms with Gasteiger partial charge in [0.05, 0.1) is 6.33 Å². The molecule has 3 rings (SSSR count). The van der Waals surface area contributed by atoms with Crippen LogP contribution in [-0.4, -0.2) is 43.3 Å². The molecule has 3 N–H and O–H groups in total. The van der Waals surface area contributed by atoms with Gasteiger partial charge in [-0.1, -0.05) is 61.9 Å². The molecule has 174 valence electrons. The van der Waals surface area contributed by atoms with Crippen LogP contribution < -0.4 is 5.32 Å². The third kappa shape index (κ3) is 5.68. The van der Waals surface area contributed by atoms with E-state index in [-0.39, 0.29) is 6.42 Å². The molecule has 0 aliphatic heterocycles. The topological polar surface area (TPSA) is 104 Å². The van der Waals surface area contributed by atoms with Gasteiger partial charge in [0.25, 0.3) is 0 Å². The van der Waals surface area contributed by atoms with Gasteiger partial charge in [-0.2, -0.15) is 0 Å². The minimum absolute atomic E-state index is 0.124. The van der Waals surface area contributed by atoms with E-state index in [2.05, 4.69) is 41.5 Å². The van der Waals surface area contributed by atoms with Gasteiger partial charge in [0.1, 0.15) is 11.6 Å². The van der Waals surface area contributed by atoms with E-state index in [0.717, 1.165) is 27.9 Å². The number of benzene rings is 2. The molecule has 2 unspecified atom stereocenters. The van der Waals surface area contributed by atoms with Gasteiger partial charge in [0, 0.05) is 24.9 Å².